The third kappa shape index (κ3) is 2.35. The third-order valence-electron chi connectivity index (χ3n) is 3.57. The van der Waals surface area contributed by atoms with Crippen LogP contribution in [0.3, 0.4) is 0 Å². The van der Waals surface area contributed by atoms with Crippen LogP contribution in [-0.2, 0) is 5.54 Å². The van der Waals surface area contributed by atoms with Crippen LogP contribution in [-0.4, -0.2) is 13.2 Å². The zero-order valence-corrected chi connectivity index (χ0v) is 12.0. The second-order valence-electron chi connectivity index (χ2n) is 5.07. The van der Waals surface area contributed by atoms with Gasteiger partial charge in [0.15, 0.2) is 11.5 Å². The summed E-state index contributed by atoms with van der Waals surface area (Å²) < 4.78 is 11.1. The molecular weight excluding hydrogens is 274 g/mol. The van der Waals surface area contributed by atoms with Gasteiger partial charge < -0.3 is 15.2 Å². The molecule has 0 radical (unpaired) electrons. The molecule has 0 saturated heterocycles. The molecule has 104 valence electrons. The Balaban J connectivity index is 2.02. The molecule has 3 rings (SSSR count). The summed E-state index contributed by atoms with van der Waals surface area (Å²) in [5, 5.41) is 0.678. The van der Waals surface area contributed by atoms with E-state index < -0.39 is 5.54 Å². The molecule has 1 heterocycles. The van der Waals surface area contributed by atoms with Gasteiger partial charge in [0.1, 0.15) is 13.2 Å². The first-order chi connectivity index (χ1) is 9.57. The lowest BCUT2D eigenvalue weighted by Gasteiger charge is -2.28. The molecule has 1 aliphatic rings. The van der Waals surface area contributed by atoms with Crippen molar-refractivity contribution in [2.24, 2.45) is 5.73 Å². The van der Waals surface area contributed by atoms with Crippen molar-refractivity contribution in [1.82, 2.24) is 0 Å². The highest BCUT2D eigenvalue weighted by Gasteiger charge is 2.26. The maximum atomic E-state index is 6.51. The van der Waals surface area contributed by atoms with Crippen molar-refractivity contribution in [3.63, 3.8) is 0 Å². The lowest BCUT2D eigenvalue weighted by molar-refractivity contribution is 0.171. The molecule has 2 N–H and O–H groups in total. The van der Waals surface area contributed by atoms with Gasteiger partial charge in [-0.15, -0.1) is 0 Å². The number of ether oxygens (including phenoxy) is 2. The van der Waals surface area contributed by atoms with Gasteiger partial charge in [0.25, 0.3) is 0 Å². The predicted octanol–water partition coefficient (Wildman–Crippen LogP) is 3.33. The number of hydrogen-bond donors (Lipinski definition) is 1. The van der Waals surface area contributed by atoms with E-state index in [1.165, 1.54) is 0 Å². The minimum Gasteiger partial charge on any atom is -0.486 e. The van der Waals surface area contributed by atoms with Crippen LogP contribution in [0.1, 0.15) is 18.1 Å². The van der Waals surface area contributed by atoms with Gasteiger partial charge in [0, 0.05) is 5.02 Å². The van der Waals surface area contributed by atoms with Gasteiger partial charge in [0.05, 0.1) is 5.54 Å². The first-order valence-electron chi connectivity index (χ1n) is 6.52. The van der Waals surface area contributed by atoms with Gasteiger partial charge in [0.2, 0.25) is 0 Å². The molecule has 0 aromatic heterocycles. The molecule has 0 saturated carbocycles. The summed E-state index contributed by atoms with van der Waals surface area (Å²) in [6.07, 6.45) is 0. The maximum absolute atomic E-state index is 6.51. The molecule has 20 heavy (non-hydrogen) atoms. The number of nitrogens with two attached hydrogens (primary N) is 1. The normalized spacial score (nSPS) is 16.6. The van der Waals surface area contributed by atoms with E-state index in [1.54, 1.807) is 0 Å². The van der Waals surface area contributed by atoms with Gasteiger partial charge in [-0.1, -0.05) is 29.8 Å². The number of hydrogen-bond acceptors (Lipinski definition) is 3. The highest BCUT2D eigenvalue weighted by Crippen LogP contribution is 2.36. The van der Waals surface area contributed by atoms with E-state index in [1.807, 2.05) is 49.4 Å². The van der Waals surface area contributed by atoms with Crippen LogP contribution in [0.5, 0.6) is 11.5 Å². The van der Waals surface area contributed by atoms with Gasteiger partial charge in [-0.25, -0.2) is 0 Å². The first-order valence-corrected chi connectivity index (χ1v) is 6.90. The fourth-order valence-electron chi connectivity index (χ4n) is 2.34. The zero-order valence-electron chi connectivity index (χ0n) is 11.2. The molecule has 1 atom stereocenters. The summed E-state index contributed by atoms with van der Waals surface area (Å²) >= 11 is 6.05. The van der Waals surface area contributed by atoms with Crippen LogP contribution >= 0.6 is 11.6 Å². The van der Waals surface area contributed by atoms with Crippen LogP contribution in [0, 0.1) is 0 Å². The minimum absolute atomic E-state index is 0.564. The Labute approximate surface area is 123 Å². The van der Waals surface area contributed by atoms with Crippen molar-refractivity contribution in [3.8, 4) is 11.5 Å². The van der Waals surface area contributed by atoms with Gasteiger partial charge in [-0.05, 0) is 42.3 Å². The highest BCUT2D eigenvalue weighted by molar-refractivity contribution is 6.30. The molecule has 4 heteroatoms. The van der Waals surface area contributed by atoms with E-state index in [2.05, 4.69) is 0 Å². The van der Waals surface area contributed by atoms with Crippen LogP contribution in [0.4, 0.5) is 0 Å². The molecular formula is C16H16ClNO2. The Morgan fingerprint density at radius 2 is 1.70 bits per heavy atom. The Kier molecular flexibility index (Phi) is 3.32. The van der Waals surface area contributed by atoms with Gasteiger partial charge >= 0.3 is 0 Å². The van der Waals surface area contributed by atoms with Crippen molar-refractivity contribution in [3.05, 3.63) is 58.6 Å². The quantitative estimate of drug-likeness (QED) is 0.922. The lowest BCUT2D eigenvalue weighted by Crippen LogP contribution is -2.34. The zero-order chi connectivity index (χ0) is 14.2. The fraction of sp³-hybridized carbons (Fsp3) is 0.250. The topological polar surface area (TPSA) is 44.5 Å². The summed E-state index contributed by atoms with van der Waals surface area (Å²) in [5.41, 5.74) is 7.79. The van der Waals surface area contributed by atoms with E-state index in [4.69, 9.17) is 26.8 Å². The van der Waals surface area contributed by atoms with Crippen LogP contribution in [0.2, 0.25) is 5.02 Å². The van der Waals surface area contributed by atoms with E-state index in [9.17, 15) is 0 Å². The van der Waals surface area contributed by atoms with Gasteiger partial charge in [-0.3, -0.25) is 0 Å². The van der Waals surface area contributed by atoms with Crippen molar-refractivity contribution in [2.75, 3.05) is 13.2 Å². The van der Waals surface area contributed by atoms with Crippen molar-refractivity contribution < 1.29 is 9.47 Å². The van der Waals surface area contributed by atoms with E-state index >= 15 is 0 Å². The second kappa shape index (κ2) is 5.00. The average molecular weight is 290 g/mol. The maximum Gasteiger partial charge on any atom is 0.161 e. The van der Waals surface area contributed by atoms with E-state index in [0.29, 0.717) is 18.2 Å². The minimum atomic E-state index is -0.638. The Bertz CT molecular complexity index is 640. The SMILES string of the molecule is CC(N)(c1cccc(Cl)c1)c1ccc2c(c1)OCCO2. The molecule has 2 aromatic carbocycles. The molecule has 2 aromatic rings. The summed E-state index contributed by atoms with van der Waals surface area (Å²) in [6.45, 7) is 3.11. The van der Waals surface area contributed by atoms with Gasteiger partial charge in [-0.2, -0.15) is 0 Å². The van der Waals surface area contributed by atoms with Crippen LogP contribution in [0.25, 0.3) is 0 Å². The van der Waals surface area contributed by atoms with Crippen LogP contribution in [0.15, 0.2) is 42.5 Å². The standard InChI is InChI=1S/C16H16ClNO2/c1-16(18,11-3-2-4-13(17)9-11)12-5-6-14-15(10-12)20-8-7-19-14/h2-6,9-10H,7-8,18H2,1H3. The predicted molar refractivity (Wildman–Crippen MR) is 79.5 cm³/mol. The second-order valence-corrected chi connectivity index (χ2v) is 5.51. The van der Waals surface area contributed by atoms with Crippen molar-refractivity contribution in [2.45, 2.75) is 12.5 Å². The Morgan fingerprint density at radius 1 is 1.00 bits per heavy atom. The van der Waals surface area contributed by atoms with E-state index in [0.717, 1.165) is 22.6 Å². The number of halogens is 1. The molecule has 0 aliphatic carbocycles. The average Bonchev–Trinajstić information content (AvgIpc) is 2.46. The number of benzene rings is 2. The Morgan fingerprint density at radius 3 is 2.45 bits per heavy atom. The molecule has 1 aliphatic heterocycles. The largest absolute Gasteiger partial charge is 0.486 e. The molecule has 1 unspecified atom stereocenters. The summed E-state index contributed by atoms with van der Waals surface area (Å²) in [5.74, 6) is 1.51. The number of fused-ring (bicyclic) bond motifs is 1. The van der Waals surface area contributed by atoms with Crippen molar-refractivity contribution >= 4 is 11.6 Å². The van der Waals surface area contributed by atoms with E-state index in [-0.39, 0.29) is 0 Å². The summed E-state index contributed by atoms with van der Waals surface area (Å²) in [6, 6.07) is 13.4. The number of rotatable bonds is 2. The first kappa shape index (κ1) is 13.3. The molecule has 0 amide bonds. The molecule has 0 fully saturated rings. The lowest BCUT2D eigenvalue weighted by atomic mass is 9.85. The fourth-order valence-corrected chi connectivity index (χ4v) is 2.53. The smallest absolute Gasteiger partial charge is 0.161 e. The molecule has 0 bridgehead atoms. The van der Waals surface area contributed by atoms with Crippen LogP contribution < -0.4 is 15.2 Å². The van der Waals surface area contributed by atoms with Crippen molar-refractivity contribution in [1.29, 1.82) is 0 Å². The summed E-state index contributed by atoms with van der Waals surface area (Å²) in [7, 11) is 0. The Hall–Kier alpha value is -1.71. The summed E-state index contributed by atoms with van der Waals surface area (Å²) in [4.78, 5) is 0. The monoisotopic (exact) mass is 289 g/mol. The highest BCUT2D eigenvalue weighted by atomic mass is 35.5. The molecule has 3 nitrogen and oxygen atoms in total. The molecule has 0 spiro atoms. The third-order valence-corrected chi connectivity index (χ3v) is 3.80.